The number of nitrogens with zero attached hydrogens (tertiary/aromatic N) is 1. The molecule has 0 heterocycles. The fraction of sp³-hybridized carbons (Fsp3) is 0.917. The van der Waals surface area contributed by atoms with E-state index in [1.807, 2.05) is 7.05 Å². The van der Waals surface area contributed by atoms with Gasteiger partial charge in [-0.25, -0.2) is 0 Å². The molecule has 0 aromatic rings. The molecule has 0 rings (SSSR count). The van der Waals surface area contributed by atoms with E-state index in [-0.39, 0.29) is 11.9 Å². The van der Waals surface area contributed by atoms with Crippen LogP contribution in [0.2, 0.25) is 0 Å². The summed E-state index contributed by atoms with van der Waals surface area (Å²) in [5.74, 6) is -0.0226. The van der Waals surface area contributed by atoms with Crippen molar-refractivity contribution in [1.82, 2.24) is 10.2 Å². The lowest BCUT2D eigenvalue weighted by atomic mass is 10.1. The van der Waals surface area contributed by atoms with Crippen LogP contribution in [0.25, 0.3) is 0 Å². The fourth-order valence-electron chi connectivity index (χ4n) is 1.30. The largest absolute Gasteiger partial charge is 0.353 e. The lowest BCUT2D eigenvalue weighted by Gasteiger charge is -2.21. The Morgan fingerprint density at radius 2 is 2.06 bits per heavy atom. The summed E-state index contributed by atoms with van der Waals surface area (Å²) in [7, 11) is 2.05. The molecule has 0 spiro atoms. The van der Waals surface area contributed by atoms with Gasteiger partial charge in [-0.2, -0.15) is 0 Å². The molecule has 0 aromatic carbocycles. The molecule has 3 N–H and O–H groups in total. The number of likely N-dealkylation sites (N-methyl/N-ethyl adjacent to an activating group) is 1. The average Bonchev–Trinajstić information content (AvgIpc) is 2.25. The van der Waals surface area contributed by atoms with Crippen LogP contribution < -0.4 is 11.1 Å². The molecule has 1 amide bonds. The lowest BCUT2D eigenvalue weighted by Crippen LogP contribution is -2.43. The average molecular weight is 229 g/mol. The van der Waals surface area contributed by atoms with Gasteiger partial charge in [-0.1, -0.05) is 19.8 Å². The summed E-state index contributed by atoms with van der Waals surface area (Å²) in [4.78, 5) is 13.7. The van der Waals surface area contributed by atoms with E-state index in [0.717, 1.165) is 25.8 Å². The molecule has 1 unspecified atom stereocenters. The van der Waals surface area contributed by atoms with Crippen molar-refractivity contribution in [2.45, 2.75) is 52.1 Å². The van der Waals surface area contributed by atoms with Gasteiger partial charge in [-0.05, 0) is 27.3 Å². The first kappa shape index (κ1) is 15.4. The van der Waals surface area contributed by atoms with Crippen molar-refractivity contribution in [3.63, 3.8) is 0 Å². The predicted octanol–water partition coefficient (Wildman–Crippen LogP) is 0.960. The van der Waals surface area contributed by atoms with Gasteiger partial charge in [0.2, 0.25) is 5.91 Å². The van der Waals surface area contributed by atoms with Crippen molar-refractivity contribution in [3.05, 3.63) is 0 Å². The van der Waals surface area contributed by atoms with Crippen molar-refractivity contribution in [3.8, 4) is 0 Å². The minimum Gasteiger partial charge on any atom is -0.353 e. The van der Waals surface area contributed by atoms with E-state index < -0.39 is 0 Å². The Bertz CT molecular complexity index is 195. The van der Waals surface area contributed by atoms with Gasteiger partial charge in [0.25, 0.3) is 0 Å². The Morgan fingerprint density at radius 3 is 2.56 bits per heavy atom. The number of carbonyl (C=O) groups excluding carboxylic acids is 1. The zero-order chi connectivity index (χ0) is 12.6. The molecule has 0 saturated heterocycles. The molecule has 0 fully saturated rings. The molecule has 16 heavy (non-hydrogen) atoms. The van der Waals surface area contributed by atoms with Crippen LogP contribution in [0.1, 0.15) is 40.0 Å². The van der Waals surface area contributed by atoms with Crippen molar-refractivity contribution in [1.29, 1.82) is 0 Å². The normalized spacial score (nSPS) is 13.2. The summed E-state index contributed by atoms with van der Waals surface area (Å²) >= 11 is 0. The Balaban J connectivity index is 3.64. The van der Waals surface area contributed by atoms with Crippen LogP contribution in [0.5, 0.6) is 0 Å². The minimum atomic E-state index is -0.343. The highest BCUT2D eigenvalue weighted by atomic mass is 16.2. The SMILES string of the molecule is CCCCC(N)C(=O)NCCN(C)C(C)C. The molecular weight excluding hydrogens is 202 g/mol. The second-order valence-electron chi connectivity index (χ2n) is 4.61. The number of hydrogen-bond acceptors (Lipinski definition) is 3. The van der Waals surface area contributed by atoms with Crippen molar-refractivity contribution >= 4 is 5.91 Å². The van der Waals surface area contributed by atoms with Crippen LogP contribution >= 0.6 is 0 Å². The van der Waals surface area contributed by atoms with Gasteiger partial charge in [0.1, 0.15) is 0 Å². The van der Waals surface area contributed by atoms with Gasteiger partial charge < -0.3 is 16.0 Å². The highest BCUT2D eigenvalue weighted by molar-refractivity contribution is 5.81. The number of rotatable bonds is 8. The first-order valence-electron chi connectivity index (χ1n) is 6.22. The lowest BCUT2D eigenvalue weighted by molar-refractivity contribution is -0.122. The van der Waals surface area contributed by atoms with E-state index in [1.54, 1.807) is 0 Å². The van der Waals surface area contributed by atoms with E-state index in [2.05, 4.69) is 31.0 Å². The van der Waals surface area contributed by atoms with E-state index in [1.165, 1.54) is 0 Å². The molecule has 1 atom stereocenters. The van der Waals surface area contributed by atoms with Gasteiger partial charge in [0, 0.05) is 19.1 Å². The summed E-state index contributed by atoms with van der Waals surface area (Å²) in [6, 6.07) is 0.162. The van der Waals surface area contributed by atoms with E-state index >= 15 is 0 Å². The summed E-state index contributed by atoms with van der Waals surface area (Å²) in [6.07, 6.45) is 2.87. The first-order valence-corrected chi connectivity index (χ1v) is 6.22. The summed E-state index contributed by atoms with van der Waals surface area (Å²) in [5, 5.41) is 2.87. The van der Waals surface area contributed by atoms with E-state index in [9.17, 15) is 4.79 Å². The molecule has 4 heteroatoms. The number of nitrogens with two attached hydrogens (primary N) is 1. The molecule has 4 nitrogen and oxygen atoms in total. The molecule has 0 aromatic heterocycles. The highest BCUT2D eigenvalue weighted by Crippen LogP contribution is 1.98. The quantitative estimate of drug-likeness (QED) is 0.652. The number of hydrogen-bond donors (Lipinski definition) is 2. The van der Waals surface area contributed by atoms with Gasteiger partial charge >= 0.3 is 0 Å². The summed E-state index contributed by atoms with van der Waals surface area (Å²) < 4.78 is 0. The maximum Gasteiger partial charge on any atom is 0.236 e. The third-order valence-corrected chi connectivity index (χ3v) is 2.85. The Morgan fingerprint density at radius 1 is 1.44 bits per heavy atom. The number of nitrogens with one attached hydrogen (secondary N) is 1. The molecule has 0 bridgehead atoms. The topological polar surface area (TPSA) is 58.4 Å². The van der Waals surface area contributed by atoms with Gasteiger partial charge in [0.05, 0.1) is 6.04 Å². The summed E-state index contributed by atoms with van der Waals surface area (Å²) in [6.45, 7) is 7.91. The van der Waals surface area contributed by atoms with Crippen molar-refractivity contribution in [2.24, 2.45) is 5.73 Å². The molecular formula is C12H27N3O. The molecule has 0 saturated carbocycles. The van der Waals surface area contributed by atoms with Crippen molar-refractivity contribution in [2.75, 3.05) is 20.1 Å². The van der Waals surface area contributed by atoms with Crippen LogP contribution in [0, 0.1) is 0 Å². The zero-order valence-corrected chi connectivity index (χ0v) is 11.1. The second-order valence-corrected chi connectivity index (χ2v) is 4.61. The van der Waals surface area contributed by atoms with E-state index in [0.29, 0.717) is 12.6 Å². The molecule has 0 radical (unpaired) electrons. The maximum absolute atomic E-state index is 11.5. The van der Waals surface area contributed by atoms with Gasteiger partial charge in [-0.15, -0.1) is 0 Å². The smallest absolute Gasteiger partial charge is 0.236 e. The van der Waals surface area contributed by atoms with Crippen LogP contribution in [-0.2, 0) is 4.79 Å². The third-order valence-electron chi connectivity index (χ3n) is 2.85. The molecule has 0 aliphatic heterocycles. The Hall–Kier alpha value is -0.610. The molecule has 0 aliphatic rings. The standard InChI is InChI=1S/C12H27N3O/c1-5-6-7-11(13)12(16)14-8-9-15(4)10(2)3/h10-11H,5-9,13H2,1-4H3,(H,14,16). The highest BCUT2D eigenvalue weighted by Gasteiger charge is 2.12. The van der Waals surface area contributed by atoms with Crippen LogP contribution in [0.15, 0.2) is 0 Å². The van der Waals surface area contributed by atoms with Gasteiger partial charge in [0.15, 0.2) is 0 Å². The monoisotopic (exact) mass is 229 g/mol. The van der Waals surface area contributed by atoms with Crippen LogP contribution in [-0.4, -0.2) is 43.0 Å². The van der Waals surface area contributed by atoms with Crippen LogP contribution in [0.4, 0.5) is 0 Å². The number of carbonyl (C=O) groups is 1. The first-order chi connectivity index (χ1) is 7.49. The number of unbranched alkanes of at least 4 members (excludes halogenated alkanes) is 1. The number of amides is 1. The second kappa shape index (κ2) is 8.53. The third kappa shape index (κ3) is 6.80. The Kier molecular flexibility index (Phi) is 8.21. The minimum absolute atomic E-state index is 0.0226. The fourth-order valence-corrected chi connectivity index (χ4v) is 1.30. The Labute approximate surface area is 99.6 Å². The molecule has 96 valence electrons. The van der Waals surface area contributed by atoms with E-state index in [4.69, 9.17) is 5.73 Å². The summed E-state index contributed by atoms with van der Waals surface area (Å²) in [5.41, 5.74) is 5.75. The van der Waals surface area contributed by atoms with Gasteiger partial charge in [-0.3, -0.25) is 4.79 Å². The zero-order valence-electron chi connectivity index (χ0n) is 11.1. The predicted molar refractivity (Wildman–Crippen MR) is 68.3 cm³/mol. The van der Waals surface area contributed by atoms with Crippen molar-refractivity contribution < 1.29 is 4.79 Å². The molecule has 0 aliphatic carbocycles. The van der Waals surface area contributed by atoms with Crippen LogP contribution in [0.3, 0.4) is 0 Å². The maximum atomic E-state index is 11.5.